The van der Waals surface area contributed by atoms with Crippen molar-refractivity contribution in [2.45, 2.75) is 26.2 Å². The van der Waals surface area contributed by atoms with Crippen molar-refractivity contribution >= 4 is 45.9 Å². The minimum Gasteiger partial charge on any atom is -0.478 e. The molecule has 1 aliphatic heterocycles. The summed E-state index contributed by atoms with van der Waals surface area (Å²) in [5, 5.41) is 4.42. The summed E-state index contributed by atoms with van der Waals surface area (Å²) in [5.41, 5.74) is 3.25. The third-order valence-corrected chi connectivity index (χ3v) is 6.51. The van der Waals surface area contributed by atoms with E-state index in [-0.39, 0.29) is 17.9 Å². The summed E-state index contributed by atoms with van der Waals surface area (Å²) in [6.45, 7) is 3.74. The number of aromatic nitrogens is 3. The van der Waals surface area contributed by atoms with E-state index in [4.69, 9.17) is 16.3 Å². The fourth-order valence-electron chi connectivity index (χ4n) is 4.20. The van der Waals surface area contributed by atoms with Gasteiger partial charge in [-0.25, -0.2) is 10.5 Å². The molecule has 3 heterocycles. The Morgan fingerprint density at radius 3 is 2.74 bits per heavy atom. The monoisotopic (exact) mass is 500 g/mol. The number of aryl methyl sites for hydroxylation is 1. The molecule has 11 heteroatoms. The molecule has 1 saturated heterocycles. The topological polar surface area (TPSA) is 111 Å². The lowest BCUT2D eigenvalue weighted by Crippen LogP contribution is -2.34. The van der Waals surface area contributed by atoms with Gasteiger partial charge in [-0.3, -0.25) is 14.4 Å². The molecule has 0 bridgehead atoms. The minimum absolute atomic E-state index is 0.0567. The number of ether oxygens (including phenoxy) is 1. The van der Waals surface area contributed by atoms with Gasteiger partial charge in [0.25, 0.3) is 11.5 Å². The Hall–Kier alpha value is -3.37. The van der Waals surface area contributed by atoms with Gasteiger partial charge in [0.1, 0.15) is 5.02 Å². The average Bonchev–Trinajstić information content (AvgIpc) is 2.87. The van der Waals surface area contributed by atoms with Gasteiger partial charge in [-0.05, 0) is 43.0 Å². The number of nitrogens with zero attached hydrogens (tertiary/aromatic N) is 4. The average molecular weight is 501 g/mol. The molecule has 10 nitrogen and oxygen atoms in total. The van der Waals surface area contributed by atoms with Crippen LogP contribution in [0.25, 0.3) is 10.9 Å². The van der Waals surface area contributed by atoms with Crippen molar-refractivity contribution in [2.75, 3.05) is 37.0 Å². The maximum atomic E-state index is 12.6. The van der Waals surface area contributed by atoms with Crippen LogP contribution in [-0.4, -0.2) is 47.2 Å². The van der Waals surface area contributed by atoms with Crippen molar-refractivity contribution in [2.24, 2.45) is 13.0 Å². The van der Waals surface area contributed by atoms with Crippen LogP contribution in [0.2, 0.25) is 5.02 Å². The van der Waals surface area contributed by atoms with E-state index in [1.165, 1.54) is 18.1 Å². The van der Waals surface area contributed by atoms with Crippen LogP contribution in [0.5, 0.6) is 5.75 Å². The molecule has 0 unspecified atom stereocenters. The first-order chi connectivity index (χ1) is 16.9. The van der Waals surface area contributed by atoms with Crippen LogP contribution in [0.3, 0.4) is 0 Å². The number of carbonyl (C=O) groups excluding carboxylic acids is 1. The number of nitrogens with one attached hydrogen (secondary N) is 2. The first-order valence-corrected chi connectivity index (χ1v) is 11.9. The molecule has 3 aromatic rings. The molecule has 4 rings (SSSR count). The molecule has 0 radical (unpaired) electrons. The van der Waals surface area contributed by atoms with Crippen molar-refractivity contribution in [3.63, 3.8) is 0 Å². The van der Waals surface area contributed by atoms with Crippen molar-refractivity contribution in [1.82, 2.24) is 20.0 Å². The summed E-state index contributed by atoms with van der Waals surface area (Å²) in [7, 11) is 2.97. The highest BCUT2D eigenvalue weighted by atomic mass is 35.5. The number of anilines is 3. The van der Waals surface area contributed by atoms with E-state index < -0.39 is 5.91 Å². The zero-order valence-corrected chi connectivity index (χ0v) is 20.8. The van der Waals surface area contributed by atoms with E-state index in [0.717, 1.165) is 42.9 Å². The Bertz CT molecular complexity index is 1270. The number of carbonyl (C=O) groups is 1. The second-order valence-electron chi connectivity index (χ2n) is 8.49. The summed E-state index contributed by atoms with van der Waals surface area (Å²) in [6, 6.07) is 7.14. The van der Waals surface area contributed by atoms with Crippen LogP contribution in [-0.2, 0) is 16.7 Å². The van der Waals surface area contributed by atoms with Crippen LogP contribution in [0.15, 0.2) is 35.3 Å². The number of hydrogen-bond acceptors (Lipinski definition) is 8. The summed E-state index contributed by atoms with van der Waals surface area (Å²) >= 11 is 6.40. The highest BCUT2D eigenvalue weighted by molar-refractivity contribution is 6.32. The first kappa shape index (κ1) is 24.7. The Morgan fingerprint density at radius 1 is 1.26 bits per heavy atom. The molecule has 1 aromatic carbocycles. The second-order valence-corrected chi connectivity index (χ2v) is 8.90. The van der Waals surface area contributed by atoms with E-state index >= 15 is 0 Å². The van der Waals surface area contributed by atoms with Gasteiger partial charge in [0, 0.05) is 31.2 Å². The summed E-state index contributed by atoms with van der Waals surface area (Å²) < 4.78 is 6.89. The predicted octanol–water partition coefficient (Wildman–Crippen LogP) is 3.41. The zero-order valence-electron chi connectivity index (χ0n) is 20.0. The molecule has 0 atom stereocenters. The van der Waals surface area contributed by atoms with E-state index in [1.807, 2.05) is 18.2 Å². The quantitative estimate of drug-likeness (QED) is 0.453. The fraction of sp³-hybridized carbons (Fsp3) is 0.417. The molecule has 1 fully saturated rings. The number of benzene rings is 1. The summed E-state index contributed by atoms with van der Waals surface area (Å²) in [6.07, 6.45) is 5.07. The summed E-state index contributed by atoms with van der Waals surface area (Å²) in [5.74, 6) is 1.47. The molecule has 1 amide bonds. The Morgan fingerprint density at radius 2 is 2.03 bits per heavy atom. The third-order valence-electron chi connectivity index (χ3n) is 6.23. The standard InChI is InChI=1S/C24H29ClN6O4/c1-4-15-7-9-31(10-8-15)24-26-13-18(25)22(28-24)27-17-5-6-19-16(11-17)12-20(23(33)30(19)2)35-14-21(32)29-34-3/h5-6,11-13,15H,4,7-10,14H2,1-3H3,(H,29,32)(H,26,27,28). The lowest BCUT2D eigenvalue weighted by molar-refractivity contribution is -0.133. The zero-order chi connectivity index (χ0) is 24.9. The molecule has 2 aromatic heterocycles. The van der Waals surface area contributed by atoms with Crippen LogP contribution in [0.1, 0.15) is 26.2 Å². The largest absolute Gasteiger partial charge is 0.478 e. The number of pyridine rings is 1. The van der Waals surface area contributed by atoms with E-state index in [1.54, 1.807) is 19.3 Å². The van der Waals surface area contributed by atoms with Gasteiger partial charge < -0.3 is 19.5 Å². The van der Waals surface area contributed by atoms with E-state index in [2.05, 4.69) is 37.4 Å². The van der Waals surface area contributed by atoms with E-state index in [0.29, 0.717) is 22.3 Å². The molecule has 0 aliphatic carbocycles. The molecule has 0 spiro atoms. The molecular formula is C24H29ClN6O4. The highest BCUT2D eigenvalue weighted by Crippen LogP contribution is 2.29. The third kappa shape index (κ3) is 5.66. The van der Waals surface area contributed by atoms with Crippen LogP contribution >= 0.6 is 11.6 Å². The minimum atomic E-state index is -0.502. The summed E-state index contributed by atoms with van der Waals surface area (Å²) in [4.78, 5) is 40.1. The van der Waals surface area contributed by atoms with Gasteiger partial charge in [-0.15, -0.1) is 0 Å². The molecule has 1 aliphatic rings. The fourth-order valence-corrected chi connectivity index (χ4v) is 4.34. The maximum Gasteiger partial charge on any atom is 0.293 e. The first-order valence-electron chi connectivity index (χ1n) is 11.5. The van der Waals surface area contributed by atoms with Gasteiger partial charge in [-0.2, -0.15) is 4.98 Å². The van der Waals surface area contributed by atoms with E-state index in [9.17, 15) is 9.59 Å². The van der Waals surface area contributed by atoms with Gasteiger partial charge >= 0.3 is 0 Å². The van der Waals surface area contributed by atoms with Gasteiger partial charge in [0.15, 0.2) is 18.2 Å². The predicted molar refractivity (Wildman–Crippen MR) is 135 cm³/mol. The normalized spacial score (nSPS) is 14.2. The molecular weight excluding hydrogens is 472 g/mol. The Balaban J connectivity index is 1.57. The lowest BCUT2D eigenvalue weighted by atomic mass is 9.95. The highest BCUT2D eigenvalue weighted by Gasteiger charge is 2.20. The number of amides is 1. The van der Waals surface area contributed by atoms with Crippen molar-refractivity contribution in [3.05, 3.63) is 45.8 Å². The molecule has 0 saturated carbocycles. The van der Waals surface area contributed by atoms with Gasteiger partial charge in [0.2, 0.25) is 5.95 Å². The molecule has 2 N–H and O–H groups in total. The maximum absolute atomic E-state index is 12.6. The number of hydrogen-bond donors (Lipinski definition) is 2. The molecule has 35 heavy (non-hydrogen) atoms. The van der Waals surface area contributed by atoms with Crippen LogP contribution < -0.4 is 26.0 Å². The number of piperidine rings is 1. The number of fused-ring (bicyclic) bond motifs is 1. The van der Waals surface area contributed by atoms with Crippen LogP contribution in [0, 0.1) is 5.92 Å². The van der Waals surface area contributed by atoms with Gasteiger partial charge in [-0.1, -0.05) is 24.9 Å². The second kappa shape index (κ2) is 10.9. The van der Waals surface area contributed by atoms with Crippen molar-refractivity contribution in [3.8, 4) is 5.75 Å². The Labute approximate surface area is 208 Å². The molecule has 186 valence electrons. The van der Waals surface area contributed by atoms with Gasteiger partial charge in [0.05, 0.1) is 18.8 Å². The number of hydroxylamine groups is 1. The van der Waals surface area contributed by atoms with Crippen molar-refractivity contribution in [1.29, 1.82) is 0 Å². The van der Waals surface area contributed by atoms with Crippen molar-refractivity contribution < 1.29 is 14.4 Å². The number of rotatable bonds is 8. The number of halogens is 1. The Kier molecular flexibility index (Phi) is 7.72. The SMILES string of the molecule is CCC1CCN(c2ncc(Cl)c(Nc3ccc4c(c3)cc(OCC(=O)NOC)c(=O)n4C)n2)CC1. The lowest BCUT2D eigenvalue weighted by Gasteiger charge is -2.31. The smallest absolute Gasteiger partial charge is 0.293 e. The van der Waals surface area contributed by atoms with Crippen LogP contribution in [0.4, 0.5) is 17.5 Å².